The quantitative estimate of drug-likeness (QED) is 0.471. The molecule has 9 heteroatoms. The van der Waals surface area contributed by atoms with Crippen molar-refractivity contribution in [3.05, 3.63) is 46.6 Å². The van der Waals surface area contributed by atoms with Crippen LogP contribution in [0.5, 0.6) is 0 Å². The minimum absolute atomic E-state index is 0.00672. The third-order valence-electron chi connectivity index (χ3n) is 7.56. The van der Waals surface area contributed by atoms with Crippen molar-refractivity contribution in [3.8, 4) is 0 Å². The van der Waals surface area contributed by atoms with Gasteiger partial charge in [0.05, 0.1) is 11.7 Å². The van der Waals surface area contributed by atoms with Gasteiger partial charge in [0.25, 0.3) is 5.91 Å². The first-order chi connectivity index (χ1) is 17.0. The first-order valence-electron chi connectivity index (χ1n) is 12.7. The predicted molar refractivity (Wildman–Crippen MR) is 126 cm³/mol. The number of hydrogen-bond donors (Lipinski definition) is 2. The van der Waals surface area contributed by atoms with Gasteiger partial charge >= 0.3 is 0 Å². The Morgan fingerprint density at radius 3 is 2.51 bits per heavy atom. The number of rotatable bonds is 5. The van der Waals surface area contributed by atoms with Crippen LogP contribution in [0.15, 0.2) is 16.9 Å². The summed E-state index contributed by atoms with van der Waals surface area (Å²) in [7, 11) is 0. The van der Waals surface area contributed by atoms with Gasteiger partial charge in [-0.25, -0.2) is 13.8 Å². The number of halogens is 2. The molecule has 1 atom stereocenters. The van der Waals surface area contributed by atoms with E-state index in [9.17, 15) is 4.79 Å². The molecule has 2 N–H and O–H groups in total. The van der Waals surface area contributed by atoms with Gasteiger partial charge < -0.3 is 19.6 Å². The normalized spacial score (nSPS) is 19.4. The molecule has 2 aromatic heterocycles. The molecule has 1 saturated carbocycles. The smallest absolute Gasteiger partial charge is 0.257 e. The summed E-state index contributed by atoms with van der Waals surface area (Å²) in [5, 5.41) is 6.88. The molecule has 1 aliphatic heterocycles. The van der Waals surface area contributed by atoms with E-state index in [0.29, 0.717) is 48.7 Å². The van der Waals surface area contributed by atoms with E-state index in [4.69, 9.17) is 9.26 Å². The van der Waals surface area contributed by atoms with Gasteiger partial charge in [-0.05, 0) is 56.1 Å². The SMILES string of the molecule is Cc1nocc1C(=O)NC(c1nc2c(F)c(C3CCOCC3)cc(F)c2[nH]1)C1CCCCCCC1. The lowest BCUT2D eigenvalue weighted by molar-refractivity contribution is 0.0846. The molecule has 2 aliphatic rings. The zero-order valence-corrected chi connectivity index (χ0v) is 20.0. The van der Waals surface area contributed by atoms with Crippen molar-refractivity contribution in [1.29, 1.82) is 0 Å². The molecule has 188 valence electrons. The number of aromatic nitrogens is 3. The average Bonchev–Trinajstić information content (AvgIpc) is 3.48. The highest BCUT2D eigenvalue weighted by molar-refractivity contribution is 5.95. The largest absolute Gasteiger partial charge is 0.381 e. The van der Waals surface area contributed by atoms with Crippen LogP contribution in [-0.2, 0) is 4.74 Å². The fourth-order valence-electron chi connectivity index (χ4n) is 5.54. The molecule has 7 nitrogen and oxygen atoms in total. The van der Waals surface area contributed by atoms with Crippen molar-refractivity contribution in [3.63, 3.8) is 0 Å². The molecule has 1 aromatic carbocycles. The van der Waals surface area contributed by atoms with Crippen LogP contribution in [0.25, 0.3) is 11.0 Å². The predicted octanol–water partition coefficient (Wildman–Crippen LogP) is 5.86. The number of carbonyl (C=O) groups is 1. The fourth-order valence-corrected chi connectivity index (χ4v) is 5.54. The molecule has 1 saturated heterocycles. The molecule has 1 aliphatic carbocycles. The summed E-state index contributed by atoms with van der Waals surface area (Å²) >= 11 is 0. The van der Waals surface area contributed by atoms with Gasteiger partial charge in [-0.2, -0.15) is 0 Å². The molecular weight excluding hydrogens is 454 g/mol. The number of benzene rings is 1. The third-order valence-corrected chi connectivity index (χ3v) is 7.56. The summed E-state index contributed by atoms with van der Waals surface area (Å²) in [5.74, 6) is -0.968. The number of ether oxygens (including phenoxy) is 1. The maximum Gasteiger partial charge on any atom is 0.257 e. The van der Waals surface area contributed by atoms with E-state index in [1.165, 1.54) is 18.8 Å². The molecule has 0 radical (unpaired) electrons. The first-order valence-corrected chi connectivity index (χ1v) is 12.7. The lowest BCUT2D eigenvalue weighted by atomic mass is 9.85. The second-order valence-corrected chi connectivity index (χ2v) is 9.86. The Morgan fingerprint density at radius 1 is 1.11 bits per heavy atom. The summed E-state index contributed by atoms with van der Waals surface area (Å²) in [6.45, 7) is 2.77. The number of nitrogens with one attached hydrogen (secondary N) is 2. The maximum atomic E-state index is 15.6. The number of hydrogen-bond acceptors (Lipinski definition) is 5. The molecule has 3 heterocycles. The molecule has 0 bridgehead atoms. The Bertz CT molecular complexity index is 1180. The zero-order chi connectivity index (χ0) is 24.4. The maximum absolute atomic E-state index is 15.6. The van der Waals surface area contributed by atoms with E-state index >= 15 is 8.78 Å². The van der Waals surface area contributed by atoms with Gasteiger partial charge in [-0.3, -0.25) is 4.79 Å². The van der Waals surface area contributed by atoms with Gasteiger partial charge in [-0.1, -0.05) is 37.3 Å². The summed E-state index contributed by atoms with van der Waals surface area (Å²) in [6.07, 6.45) is 10.00. The summed E-state index contributed by atoms with van der Waals surface area (Å²) < 4.78 is 41.1. The van der Waals surface area contributed by atoms with Crippen molar-refractivity contribution in [2.24, 2.45) is 5.92 Å². The molecule has 3 aromatic rings. The number of amides is 1. The van der Waals surface area contributed by atoms with Crippen LogP contribution in [-0.4, -0.2) is 34.2 Å². The van der Waals surface area contributed by atoms with E-state index in [1.54, 1.807) is 6.92 Å². The number of H-pyrrole nitrogens is 1. The molecule has 5 rings (SSSR count). The summed E-state index contributed by atoms with van der Waals surface area (Å²) in [5.41, 5.74) is 1.22. The molecule has 35 heavy (non-hydrogen) atoms. The second-order valence-electron chi connectivity index (χ2n) is 9.86. The average molecular weight is 487 g/mol. The van der Waals surface area contributed by atoms with E-state index < -0.39 is 17.7 Å². The van der Waals surface area contributed by atoms with E-state index in [2.05, 4.69) is 20.4 Å². The highest BCUT2D eigenvalue weighted by Crippen LogP contribution is 2.36. The molecule has 2 fully saturated rings. The molecule has 0 spiro atoms. The van der Waals surface area contributed by atoms with Gasteiger partial charge in [0.2, 0.25) is 0 Å². The standard InChI is InChI=1S/C26H32F2N4O3/c1-15-19(14-35-32-15)26(33)31-22(17-7-5-3-2-4-6-8-17)25-29-23-20(27)13-18(21(28)24(23)30-25)16-9-11-34-12-10-16/h13-14,16-17,22H,2-12H2,1H3,(H,29,30)(H,31,33). The van der Waals surface area contributed by atoms with Gasteiger partial charge in [0.15, 0.2) is 5.82 Å². The second kappa shape index (κ2) is 10.4. The van der Waals surface area contributed by atoms with E-state index in [0.717, 1.165) is 38.5 Å². The summed E-state index contributed by atoms with van der Waals surface area (Å²) in [4.78, 5) is 20.7. The molecule has 1 unspecified atom stereocenters. The van der Waals surface area contributed by atoms with Gasteiger partial charge in [-0.15, -0.1) is 0 Å². The Kier molecular flexibility index (Phi) is 7.13. The minimum Gasteiger partial charge on any atom is -0.381 e. The molecular formula is C26H32F2N4O3. The van der Waals surface area contributed by atoms with Crippen molar-refractivity contribution in [2.45, 2.75) is 76.7 Å². The van der Waals surface area contributed by atoms with Gasteiger partial charge in [0, 0.05) is 13.2 Å². The zero-order valence-electron chi connectivity index (χ0n) is 20.0. The van der Waals surface area contributed by atoms with Crippen LogP contribution in [0, 0.1) is 24.5 Å². The third kappa shape index (κ3) is 4.96. The lowest BCUT2D eigenvalue weighted by Crippen LogP contribution is -2.35. The van der Waals surface area contributed by atoms with Gasteiger partial charge in [0.1, 0.15) is 34.5 Å². The Labute approximate surface area is 203 Å². The topological polar surface area (TPSA) is 93.0 Å². The summed E-state index contributed by atoms with van der Waals surface area (Å²) in [6, 6.07) is 0.784. The Balaban J connectivity index is 1.52. The van der Waals surface area contributed by atoms with Crippen molar-refractivity contribution in [1.82, 2.24) is 20.4 Å². The molecule has 1 amide bonds. The van der Waals surface area contributed by atoms with Crippen LogP contribution in [0.2, 0.25) is 0 Å². The van der Waals surface area contributed by atoms with E-state index in [1.807, 2.05) is 0 Å². The minimum atomic E-state index is -0.528. The van der Waals surface area contributed by atoms with Crippen LogP contribution < -0.4 is 5.32 Å². The van der Waals surface area contributed by atoms with Crippen LogP contribution in [0.1, 0.15) is 97.2 Å². The van der Waals surface area contributed by atoms with Crippen LogP contribution in [0.4, 0.5) is 8.78 Å². The van der Waals surface area contributed by atoms with Crippen molar-refractivity contribution >= 4 is 16.9 Å². The first kappa shape index (κ1) is 23.9. The Morgan fingerprint density at radius 2 is 1.83 bits per heavy atom. The number of carbonyl (C=O) groups excluding carboxylic acids is 1. The Hall–Kier alpha value is -2.81. The highest BCUT2D eigenvalue weighted by Gasteiger charge is 2.31. The number of aromatic amines is 1. The number of nitrogens with zero attached hydrogens (tertiary/aromatic N) is 2. The fraction of sp³-hybridized carbons (Fsp3) is 0.577. The number of aryl methyl sites for hydroxylation is 1. The number of imidazole rings is 1. The highest BCUT2D eigenvalue weighted by atomic mass is 19.1. The number of fused-ring (bicyclic) bond motifs is 1. The lowest BCUT2D eigenvalue weighted by Gasteiger charge is -2.28. The van der Waals surface area contributed by atoms with Crippen molar-refractivity contribution in [2.75, 3.05) is 13.2 Å². The monoisotopic (exact) mass is 486 g/mol. The van der Waals surface area contributed by atoms with Crippen LogP contribution in [0.3, 0.4) is 0 Å². The van der Waals surface area contributed by atoms with Crippen molar-refractivity contribution < 1.29 is 22.8 Å². The van der Waals surface area contributed by atoms with Crippen LogP contribution >= 0.6 is 0 Å². The van der Waals surface area contributed by atoms with E-state index in [-0.39, 0.29) is 28.8 Å².